The fraction of sp³-hybridized carbons (Fsp3) is 0.818. The molecule has 0 aromatic rings. The summed E-state index contributed by atoms with van der Waals surface area (Å²) in [5.41, 5.74) is 5.27. The van der Waals surface area contributed by atoms with Gasteiger partial charge in [-0.05, 0) is 6.42 Å². The number of ether oxygens (including phenoxy) is 2. The molecule has 1 fully saturated rings. The van der Waals surface area contributed by atoms with Crippen molar-refractivity contribution in [1.29, 1.82) is 0 Å². The summed E-state index contributed by atoms with van der Waals surface area (Å²) in [5, 5.41) is 0. The molecule has 1 heterocycles. The van der Waals surface area contributed by atoms with Crippen LogP contribution in [-0.2, 0) is 19.1 Å². The predicted molar refractivity (Wildman–Crippen MR) is 61.2 cm³/mol. The van der Waals surface area contributed by atoms with E-state index in [0.29, 0.717) is 19.6 Å². The molecule has 0 aromatic heterocycles. The maximum atomic E-state index is 11.8. The third-order valence-electron chi connectivity index (χ3n) is 2.82. The first-order valence-corrected chi connectivity index (χ1v) is 5.79. The molecule has 0 spiro atoms. The second-order valence-corrected chi connectivity index (χ2v) is 4.11. The van der Waals surface area contributed by atoms with Gasteiger partial charge in [0, 0.05) is 26.7 Å². The summed E-state index contributed by atoms with van der Waals surface area (Å²) >= 11 is 0. The Bertz CT molecular complexity index is 283. The lowest BCUT2D eigenvalue weighted by Gasteiger charge is -2.21. The van der Waals surface area contributed by atoms with E-state index in [1.807, 2.05) is 6.92 Å². The number of hydrogen-bond acceptors (Lipinski definition) is 4. The van der Waals surface area contributed by atoms with E-state index in [9.17, 15) is 9.59 Å². The predicted octanol–water partition coefficient (Wildman–Crippen LogP) is -0.486. The van der Waals surface area contributed by atoms with Crippen LogP contribution >= 0.6 is 0 Å². The van der Waals surface area contributed by atoms with Crippen molar-refractivity contribution in [2.45, 2.75) is 31.9 Å². The maximum Gasteiger partial charge on any atom is 0.249 e. The number of likely N-dealkylation sites (tertiary alicyclic amines) is 1. The van der Waals surface area contributed by atoms with E-state index < -0.39 is 11.9 Å². The van der Waals surface area contributed by atoms with E-state index in [4.69, 9.17) is 15.2 Å². The van der Waals surface area contributed by atoms with Crippen LogP contribution in [0.1, 0.15) is 19.8 Å². The van der Waals surface area contributed by atoms with E-state index >= 15 is 0 Å². The molecule has 0 saturated carbocycles. The van der Waals surface area contributed by atoms with E-state index in [1.165, 1.54) is 4.90 Å². The molecule has 1 saturated heterocycles. The van der Waals surface area contributed by atoms with Gasteiger partial charge in [-0.15, -0.1) is 0 Å². The van der Waals surface area contributed by atoms with Gasteiger partial charge in [0.2, 0.25) is 11.8 Å². The van der Waals surface area contributed by atoms with Gasteiger partial charge in [0.1, 0.15) is 12.6 Å². The monoisotopic (exact) mass is 244 g/mol. The highest BCUT2D eigenvalue weighted by Gasteiger charge is 2.38. The van der Waals surface area contributed by atoms with Gasteiger partial charge < -0.3 is 20.1 Å². The third-order valence-corrected chi connectivity index (χ3v) is 2.82. The van der Waals surface area contributed by atoms with Gasteiger partial charge in [-0.2, -0.15) is 0 Å². The van der Waals surface area contributed by atoms with Gasteiger partial charge in [0.25, 0.3) is 0 Å². The van der Waals surface area contributed by atoms with Crippen LogP contribution in [0.4, 0.5) is 0 Å². The second-order valence-electron chi connectivity index (χ2n) is 4.11. The number of carbonyl (C=O) groups excluding carboxylic acids is 2. The first kappa shape index (κ1) is 13.9. The SMILES string of the molecule is CCCOCC(=O)N1C[C@@H](OC)C[C@H]1C(N)=O. The van der Waals surface area contributed by atoms with Gasteiger partial charge >= 0.3 is 0 Å². The van der Waals surface area contributed by atoms with Crippen LogP contribution in [0.15, 0.2) is 0 Å². The van der Waals surface area contributed by atoms with Gasteiger partial charge in [-0.1, -0.05) is 6.92 Å². The molecular formula is C11H20N2O4. The summed E-state index contributed by atoms with van der Waals surface area (Å²) in [5.74, 6) is -0.699. The van der Waals surface area contributed by atoms with E-state index in [2.05, 4.69) is 0 Å². The number of hydrogen-bond donors (Lipinski definition) is 1. The Morgan fingerprint density at radius 1 is 1.47 bits per heavy atom. The first-order valence-electron chi connectivity index (χ1n) is 5.79. The molecule has 0 aromatic carbocycles. The summed E-state index contributed by atoms with van der Waals surface area (Å²) in [4.78, 5) is 24.5. The van der Waals surface area contributed by atoms with Crippen molar-refractivity contribution in [3.8, 4) is 0 Å². The fourth-order valence-corrected chi connectivity index (χ4v) is 1.90. The van der Waals surface area contributed by atoms with Crippen molar-refractivity contribution >= 4 is 11.8 Å². The molecule has 0 bridgehead atoms. The summed E-state index contributed by atoms with van der Waals surface area (Å²) in [6.07, 6.45) is 1.20. The van der Waals surface area contributed by atoms with Crippen molar-refractivity contribution in [2.75, 3.05) is 26.9 Å². The molecule has 6 nitrogen and oxygen atoms in total. The third kappa shape index (κ3) is 3.67. The first-order chi connectivity index (χ1) is 8.10. The van der Waals surface area contributed by atoms with Gasteiger partial charge in [-0.25, -0.2) is 0 Å². The molecule has 1 aliphatic heterocycles. The molecule has 0 aliphatic carbocycles. The standard InChI is InChI=1S/C11H20N2O4/c1-3-4-17-7-10(14)13-6-8(16-2)5-9(13)11(12)15/h8-9H,3-7H2,1-2H3,(H2,12,15)/t8-,9-/m0/s1. The molecule has 0 unspecified atom stereocenters. The molecule has 1 rings (SSSR count). The molecule has 2 N–H and O–H groups in total. The number of nitrogens with zero attached hydrogens (tertiary/aromatic N) is 1. The van der Waals surface area contributed by atoms with Crippen molar-refractivity contribution < 1.29 is 19.1 Å². The molecule has 98 valence electrons. The zero-order chi connectivity index (χ0) is 12.8. The molecule has 6 heteroatoms. The molecule has 2 atom stereocenters. The number of primary amides is 1. The van der Waals surface area contributed by atoms with Crippen LogP contribution in [0.25, 0.3) is 0 Å². The lowest BCUT2D eigenvalue weighted by Crippen LogP contribution is -2.45. The zero-order valence-corrected chi connectivity index (χ0v) is 10.3. The molecule has 17 heavy (non-hydrogen) atoms. The molecular weight excluding hydrogens is 224 g/mol. The highest BCUT2D eigenvalue weighted by molar-refractivity contribution is 5.87. The zero-order valence-electron chi connectivity index (χ0n) is 10.3. The summed E-state index contributed by atoms with van der Waals surface area (Å²) in [7, 11) is 1.56. The lowest BCUT2D eigenvalue weighted by atomic mass is 10.2. The summed E-state index contributed by atoms with van der Waals surface area (Å²) < 4.78 is 10.3. The molecule has 0 radical (unpaired) electrons. The quantitative estimate of drug-likeness (QED) is 0.639. The number of rotatable bonds is 6. The van der Waals surface area contributed by atoms with Crippen LogP contribution in [0, 0.1) is 0 Å². The highest BCUT2D eigenvalue weighted by atomic mass is 16.5. The van der Waals surface area contributed by atoms with Gasteiger partial charge in [-0.3, -0.25) is 9.59 Å². The minimum atomic E-state index is -0.572. The minimum Gasteiger partial charge on any atom is -0.380 e. The van der Waals surface area contributed by atoms with Crippen LogP contribution in [0.3, 0.4) is 0 Å². The highest BCUT2D eigenvalue weighted by Crippen LogP contribution is 2.19. The van der Waals surface area contributed by atoms with Crippen LogP contribution < -0.4 is 5.73 Å². The normalized spacial score (nSPS) is 24.0. The fourth-order valence-electron chi connectivity index (χ4n) is 1.90. The van der Waals surface area contributed by atoms with Crippen LogP contribution in [0.2, 0.25) is 0 Å². The Morgan fingerprint density at radius 3 is 2.71 bits per heavy atom. The summed E-state index contributed by atoms with van der Waals surface area (Å²) in [6, 6.07) is -0.572. The van der Waals surface area contributed by atoms with Crippen molar-refractivity contribution in [2.24, 2.45) is 5.73 Å². The lowest BCUT2D eigenvalue weighted by molar-refractivity contribution is -0.141. The van der Waals surface area contributed by atoms with Crippen LogP contribution in [0.5, 0.6) is 0 Å². The molecule has 1 aliphatic rings. The smallest absolute Gasteiger partial charge is 0.249 e. The Labute approximate surface area is 101 Å². The summed E-state index contributed by atoms with van der Waals surface area (Å²) in [6.45, 7) is 2.90. The van der Waals surface area contributed by atoms with Crippen LogP contribution in [-0.4, -0.2) is 55.7 Å². The molecule has 2 amide bonds. The van der Waals surface area contributed by atoms with Crippen molar-refractivity contribution in [1.82, 2.24) is 4.90 Å². The number of amides is 2. The Kier molecular flexibility index (Phi) is 5.37. The Hall–Kier alpha value is -1.14. The number of nitrogens with two attached hydrogens (primary N) is 1. The van der Waals surface area contributed by atoms with E-state index in [-0.39, 0.29) is 18.6 Å². The van der Waals surface area contributed by atoms with Gasteiger partial charge in [0.05, 0.1) is 6.10 Å². The number of methoxy groups -OCH3 is 1. The average Bonchev–Trinajstić information content (AvgIpc) is 2.73. The topological polar surface area (TPSA) is 81.9 Å². The van der Waals surface area contributed by atoms with Crippen molar-refractivity contribution in [3.63, 3.8) is 0 Å². The average molecular weight is 244 g/mol. The number of carbonyl (C=O) groups is 2. The Balaban J connectivity index is 2.54. The maximum absolute atomic E-state index is 11.8. The van der Waals surface area contributed by atoms with E-state index in [0.717, 1.165) is 6.42 Å². The second kappa shape index (κ2) is 6.56. The van der Waals surface area contributed by atoms with Gasteiger partial charge in [0.15, 0.2) is 0 Å². The largest absolute Gasteiger partial charge is 0.380 e. The minimum absolute atomic E-state index is 0.00590. The Morgan fingerprint density at radius 2 is 2.18 bits per heavy atom. The van der Waals surface area contributed by atoms with Crippen molar-refractivity contribution in [3.05, 3.63) is 0 Å². The van der Waals surface area contributed by atoms with E-state index in [1.54, 1.807) is 7.11 Å².